The highest BCUT2D eigenvalue weighted by Crippen LogP contribution is 2.33. The molecular formula is C14H24N2O4S. The molecule has 1 rings (SSSR count). The van der Waals surface area contributed by atoms with Crippen molar-refractivity contribution >= 4 is 10.0 Å². The van der Waals surface area contributed by atoms with Crippen molar-refractivity contribution in [1.29, 1.82) is 0 Å². The van der Waals surface area contributed by atoms with E-state index < -0.39 is 10.0 Å². The van der Waals surface area contributed by atoms with Gasteiger partial charge in [0.1, 0.15) is 0 Å². The largest absolute Gasteiger partial charge is 0.493 e. The summed E-state index contributed by atoms with van der Waals surface area (Å²) < 4.78 is 37.6. The van der Waals surface area contributed by atoms with Crippen molar-refractivity contribution in [3.8, 4) is 11.5 Å². The van der Waals surface area contributed by atoms with E-state index in [0.717, 1.165) is 19.3 Å². The molecule has 0 amide bonds. The predicted molar refractivity (Wildman–Crippen MR) is 82.2 cm³/mol. The van der Waals surface area contributed by atoms with Gasteiger partial charge < -0.3 is 15.2 Å². The van der Waals surface area contributed by atoms with E-state index in [2.05, 4.69) is 11.6 Å². The van der Waals surface area contributed by atoms with Crippen LogP contribution in [0.4, 0.5) is 0 Å². The van der Waals surface area contributed by atoms with E-state index in [-0.39, 0.29) is 11.4 Å². The summed E-state index contributed by atoms with van der Waals surface area (Å²) in [4.78, 5) is 0.136. The maximum Gasteiger partial charge on any atom is 0.240 e. The molecule has 0 heterocycles. The standard InChI is InChI=1S/C14H24N2O4S/c1-4-5-6-7-16-21(17,18)12-8-11(10-15)14(20-3)13(9-12)19-2/h8-9,16H,4-7,10,15H2,1-3H3. The molecule has 6 nitrogen and oxygen atoms in total. The lowest BCUT2D eigenvalue weighted by molar-refractivity contribution is 0.350. The maximum atomic E-state index is 12.3. The highest BCUT2D eigenvalue weighted by molar-refractivity contribution is 7.89. The minimum absolute atomic E-state index is 0.136. The van der Waals surface area contributed by atoms with E-state index >= 15 is 0 Å². The van der Waals surface area contributed by atoms with Crippen LogP contribution < -0.4 is 19.9 Å². The summed E-state index contributed by atoms with van der Waals surface area (Å²) >= 11 is 0. The average molecular weight is 316 g/mol. The molecule has 0 fully saturated rings. The molecule has 0 aliphatic rings. The fourth-order valence-corrected chi connectivity index (χ4v) is 3.13. The van der Waals surface area contributed by atoms with Gasteiger partial charge in [-0.3, -0.25) is 0 Å². The third-order valence-corrected chi connectivity index (χ3v) is 4.57. The lowest BCUT2D eigenvalue weighted by atomic mass is 10.2. The summed E-state index contributed by atoms with van der Waals surface area (Å²) in [6.45, 7) is 2.65. The molecule has 0 atom stereocenters. The highest BCUT2D eigenvalue weighted by atomic mass is 32.2. The Morgan fingerprint density at radius 2 is 1.90 bits per heavy atom. The summed E-state index contributed by atoms with van der Waals surface area (Å²) in [5.41, 5.74) is 6.24. The summed E-state index contributed by atoms with van der Waals surface area (Å²) in [5, 5.41) is 0. The Kier molecular flexibility index (Phi) is 6.94. The molecule has 0 aliphatic heterocycles. The number of hydrogen-bond donors (Lipinski definition) is 2. The molecule has 1 aromatic rings. The van der Waals surface area contributed by atoms with Crippen LogP contribution in [-0.2, 0) is 16.6 Å². The van der Waals surface area contributed by atoms with E-state index in [1.165, 1.54) is 26.4 Å². The van der Waals surface area contributed by atoms with Crippen molar-refractivity contribution in [3.05, 3.63) is 17.7 Å². The van der Waals surface area contributed by atoms with Gasteiger partial charge in [-0.25, -0.2) is 13.1 Å². The van der Waals surface area contributed by atoms with E-state index in [1.807, 2.05) is 0 Å². The van der Waals surface area contributed by atoms with Crippen LogP contribution in [0, 0.1) is 0 Å². The highest BCUT2D eigenvalue weighted by Gasteiger charge is 2.19. The molecule has 120 valence electrons. The van der Waals surface area contributed by atoms with Crippen molar-refractivity contribution in [2.45, 2.75) is 37.6 Å². The van der Waals surface area contributed by atoms with Crippen molar-refractivity contribution in [2.75, 3.05) is 20.8 Å². The third kappa shape index (κ3) is 4.59. The van der Waals surface area contributed by atoms with Gasteiger partial charge in [-0.2, -0.15) is 0 Å². The Morgan fingerprint density at radius 1 is 1.19 bits per heavy atom. The first-order valence-corrected chi connectivity index (χ1v) is 8.43. The number of hydrogen-bond acceptors (Lipinski definition) is 5. The van der Waals surface area contributed by atoms with Gasteiger partial charge in [-0.1, -0.05) is 19.8 Å². The van der Waals surface area contributed by atoms with Crippen LogP contribution in [0.3, 0.4) is 0 Å². The smallest absolute Gasteiger partial charge is 0.240 e. The van der Waals surface area contributed by atoms with Crippen LogP contribution >= 0.6 is 0 Å². The van der Waals surface area contributed by atoms with Crippen molar-refractivity contribution in [3.63, 3.8) is 0 Å². The number of ether oxygens (including phenoxy) is 2. The molecule has 0 unspecified atom stereocenters. The van der Waals surface area contributed by atoms with Crippen LogP contribution in [-0.4, -0.2) is 29.2 Å². The Labute approximate surface area is 126 Å². The second kappa shape index (κ2) is 8.21. The Balaban J connectivity index is 3.06. The third-order valence-electron chi connectivity index (χ3n) is 3.13. The zero-order chi connectivity index (χ0) is 15.9. The lowest BCUT2D eigenvalue weighted by Gasteiger charge is -2.14. The van der Waals surface area contributed by atoms with Crippen LogP contribution in [0.2, 0.25) is 0 Å². The summed E-state index contributed by atoms with van der Waals surface area (Å²) in [6, 6.07) is 2.96. The van der Waals surface area contributed by atoms with E-state index in [9.17, 15) is 8.42 Å². The van der Waals surface area contributed by atoms with Gasteiger partial charge >= 0.3 is 0 Å². The van der Waals surface area contributed by atoms with Crippen LogP contribution in [0.1, 0.15) is 31.7 Å². The average Bonchev–Trinajstić information content (AvgIpc) is 2.49. The number of nitrogens with one attached hydrogen (secondary N) is 1. The number of unbranched alkanes of at least 4 members (excludes halogenated alkanes) is 2. The first kappa shape index (κ1) is 17.7. The minimum atomic E-state index is -3.57. The molecular weight excluding hydrogens is 292 g/mol. The fourth-order valence-electron chi connectivity index (χ4n) is 1.99. The zero-order valence-electron chi connectivity index (χ0n) is 12.8. The van der Waals surface area contributed by atoms with Gasteiger partial charge in [0.15, 0.2) is 11.5 Å². The van der Waals surface area contributed by atoms with E-state index in [4.69, 9.17) is 15.2 Å². The molecule has 0 aliphatic carbocycles. The second-order valence-electron chi connectivity index (χ2n) is 4.63. The van der Waals surface area contributed by atoms with Gasteiger partial charge in [0.25, 0.3) is 0 Å². The predicted octanol–water partition coefficient (Wildman–Crippen LogP) is 1.63. The van der Waals surface area contributed by atoms with E-state index in [1.54, 1.807) is 0 Å². The first-order valence-electron chi connectivity index (χ1n) is 6.94. The first-order chi connectivity index (χ1) is 10.00. The molecule has 0 radical (unpaired) electrons. The van der Waals surface area contributed by atoms with Gasteiger partial charge in [0, 0.05) is 24.7 Å². The molecule has 0 spiro atoms. The topological polar surface area (TPSA) is 90.7 Å². The minimum Gasteiger partial charge on any atom is -0.493 e. The van der Waals surface area contributed by atoms with Crippen molar-refractivity contribution in [1.82, 2.24) is 4.72 Å². The monoisotopic (exact) mass is 316 g/mol. The molecule has 0 saturated heterocycles. The Morgan fingerprint density at radius 3 is 2.43 bits per heavy atom. The summed E-state index contributed by atoms with van der Waals surface area (Å²) in [7, 11) is -0.616. The number of sulfonamides is 1. The number of nitrogens with two attached hydrogens (primary N) is 1. The molecule has 0 aromatic heterocycles. The normalized spacial score (nSPS) is 11.4. The molecule has 1 aromatic carbocycles. The van der Waals surface area contributed by atoms with Gasteiger partial charge in [-0.05, 0) is 12.5 Å². The number of methoxy groups -OCH3 is 2. The molecule has 21 heavy (non-hydrogen) atoms. The van der Waals surface area contributed by atoms with Crippen LogP contribution in [0.15, 0.2) is 17.0 Å². The Bertz CT molecular complexity index is 533. The van der Waals surface area contributed by atoms with Crippen molar-refractivity contribution < 1.29 is 17.9 Å². The van der Waals surface area contributed by atoms with Crippen LogP contribution in [0.5, 0.6) is 11.5 Å². The van der Waals surface area contributed by atoms with Gasteiger partial charge in [0.05, 0.1) is 19.1 Å². The quantitative estimate of drug-likeness (QED) is 0.676. The Hall–Kier alpha value is -1.31. The summed E-state index contributed by atoms with van der Waals surface area (Å²) in [6.07, 6.45) is 2.84. The number of rotatable bonds is 9. The lowest BCUT2D eigenvalue weighted by Crippen LogP contribution is -2.25. The van der Waals surface area contributed by atoms with E-state index in [0.29, 0.717) is 23.6 Å². The maximum absolute atomic E-state index is 12.3. The zero-order valence-corrected chi connectivity index (χ0v) is 13.6. The molecule has 3 N–H and O–H groups in total. The SMILES string of the molecule is CCCCCNS(=O)(=O)c1cc(CN)c(OC)c(OC)c1. The molecule has 0 bridgehead atoms. The van der Waals surface area contributed by atoms with Gasteiger partial charge in [0.2, 0.25) is 10.0 Å². The number of benzene rings is 1. The fraction of sp³-hybridized carbons (Fsp3) is 0.571. The van der Waals surface area contributed by atoms with Crippen molar-refractivity contribution in [2.24, 2.45) is 5.73 Å². The molecule has 7 heteroatoms. The van der Waals surface area contributed by atoms with Crippen LogP contribution in [0.25, 0.3) is 0 Å². The molecule has 0 saturated carbocycles. The second-order valence-corrected chi connectivity index (χ2v) is 6.39. The summed E-state index contributed by atoms with van der Waals surface area (Å²) in [5.74, 6) is 0.819. The van der Waals surface area contributed by atoms with Gasteiger partial charge in [-0.15, -0.1) is 0 Å².